The van der Waals surface area contributed by atoms with Gasteiger partial charge in [-0.1, -0.05) is 48.0 Å². The van der Waals surface area contributed by atoms with Gasteiger partial charge >= 0.3 is 0 Å². The Balaban J connectivity index is 0.00000363. The first-order valence-electron chi connectivity index (χ1n) is 11.0. The molecule has 2 unspecified atom stereocenters. The van der Waals surface area contributed by atoms with Crippen molar-refractivity contribution < 1.29 is 13.2 Å². The van der Waals surface area contributed by atoms with Crippen molar-refractivity contribution in [3.8, 4) is 0 Å². The molecule has 2 atom stereocenters. The van der Waals surface area contributed by atoms with Gasteiger partial charge in [-0.25, -0.2) is 8.42 Å². The molecule has 2 aromatic rings. The Morgan fingerprint density at radius 1 is 1.09 bits per heavy atom. The van der Waals surface area contributed by atoms with Crippen LogP contribution in [-0.2, 0) is 14.6 Å². The van der Waals surface area contributed by atoms with Gasteiger partial charge in [0.25, 0.3) is 0 Å². The molecular formula is C24H34IN3O3S. The SMILES string of the molecule is CCNC(=NCC1CCCOC1c1ccc(C)cc1)NCCS(=O)(=O)c1ccccc1.I. The van der Waals surface area contributed by atoms with Gasteiger partial charge in [0.15, 0.2) is 15.8 Å². The van der Waals surface area contributed by atoms with Crippen LogP contribution in [0.25, 0.3) is 0 Å². The Kier molecular flexibility index (Phi) is 10.9. The van der Waals surface area contributed by atoms with E-state index in [2.05, 4.69) is 41.8 Å². The Morgan fingerprint density at radius 2 is 1.81 bits per heavy atom. The molecule has 1 aliphatic heterocycles. The van der Waals surface area contributed by atoms with E-state index in [4.69, 9.17) is 9.73 Å². The minimum atomic E-state index is -3.32. The fraction of sp³-hybridized carbons (Fsp3) is 0.458. The number of halogens is 1. The molecule has 2 N–H and O–H groups in total. The summed E-state index contributed by atoms with van der Waals surface area (Å²) < 4.78 is 31.1. The number of guanidine groups is 1. The zero-order chi connectivity index (χ0) is 22.1. The van der Waals surface area contributed by atoms with Crippen molar-refractivity contribution >= 4 is 39.8 Å². The van der Waals surface area contributed by atoms with Crippen molar-refractivity contribution in [2.45, 2.75) is 37.7 Å². The van der Waals surface area contributed by atoms with E-state index in [0.29, 0.717) is 36.4 Å². The average Bonchev–Trinajstić information content (AvgIpc) is 2.79. The van der Waals surface area contributed by atoms with Crippen molar-refractivity contribution in [1.29, 1.82) is 0 Å². The van der Waals surface area contributed by atoms with Crippen LogP contribution in [0.2, 0.25) is 0 Å². The Labute approximate surface area is 209 Å². The minimum absolute atomic E-state index is 0. The third-order valence-corrected chi connectivity index (χ3v) is 7.18. The van der Waals surface area contributed by atoms with Crippen LogP contribution in [0.5, 0.6) is 0 Å². The Hall–Kier alpha value is -1.65. The molecule has 0 amide bonds. The van der Waals surface area contributed by atoms with E-state index in [-0.39, 0.29) is 35.8 Å². The molecule has 8 heteroatoms. The van der Waals surface area contributed by atoms with Crippen LogP contribution in [0.3, 0.4) is 0 Å². The van der Waals surface area contributed by atoms with E-state index in [1.165, 1.54) is 11.1 Å². The predicted octanol–water partition coefficient (Wildman–Crippen LogP) is 4.11. The van der Waals surface area contributed by atoms with E-state index in [1.54, 1.807) is 24.3 Å². The summed E-state index contributed by atoms with van der Waals surface area (Å²) in [6, 6.07) is 17.1. The number of hydrogen-bond acceptors (Lipinski definition) is 4. The van der Waals surface area contributed by atoms with Gasteiger partial charge in [0.2, 0.25) is 0 Å². The summed E-state index contributed by atoms with van der Waals surface area (Å²) in [5.41, 5.74) is 2.43. The topological polar surface area (TPSA) is 79.8 Å². The molecule has 3 rings (SSSR count). The quantitative estimate of drug-likeness (QED) is 0.283. The molecule has 1 aliphatic rings. The summed E-state index contributed by atoms with van der Waals surface area (Å²) >= 11 is 0. The first-order chi connectivity index (χ1) is 15.0. The molecule has 1 heterocycles. The van der Waals surface area contributed by atoms with Crippen LogP contribution in [0, 0.1) is 12.8 Å². The molecule has 0 radical (unpaired) electrons. The number of hydrogen-bond donors (Lipinski definition) is 2. The lowest BCUT2D eigenvalue weighted by atomic mass is 9.89. The maximum Gasteiger partial charge on any atom is 0.191 e. The molecule has 0 aliphatic carbocycles. The second-order valence-electron chi connectivity index (χ2n) is 7.88. The highest BCUT2D eigenvalue weighted by atomic mass is 127. The summed E-state index contributed by atoms with van der Waals surface area (Å²) in [6.45, 7) is 6.48. The van der Waals surface area contributed by atoms with Gasteiger partial charge in [-0.2, -0.15) is 0 Å². The molecule has 0 spiro atoms. The molecule has 2 aromatic carbocycles. The predicted molar refractivity (Wildman–Crippen MR) is 140 cm³/mol. The molecule has 176 valence electrons. The Bertz CT molecular complexity index is 950. The maximum absolute atomic E-state index is 12.5. The zero-order valence-electron chi connectivity index (χ0n) is 18.8. The number of benzene rings is 2. The first-order valence-corrected chi connectivity index (χ1v) is 12.6. The fourth-order valence-corrected chi connectivity index (χ4v) is 4.93. The van der Waals surface area contributed by atoms with Crippen molar-refractivity contribution in [3.05, 3.63) is 65.7 Å². The molecule has 1 fully saturated rings. The lowest BCUT2D eigenvalue weighted by molar-refractivity contribution is -0.0250. The summed E-state index contributed by atoms with van der Waals surface area (Å²) in [7, 11) is -3.32. The number of sulfone groups is 1. The highest BCUT2D eigenvalue weighted by Crippen LogP contribution is 2.33. The molecular weight excluding hydrogens is 537 g/mol. The molecule has 0 bridgehead atoms. The summed E-state index contributed by atoms with van der Waals surface area (Å²) in [6.07, 6.45) is 2.13. The van der Waals surface area contributed by atoms with Gasteiger partial charge in [-0.05, 0) is 44.4 Å². The molecule has 0 aromatic heterocycles. The van der Waals surface area contributed by atoms with Gasteiger partial charge < -0.3 is 15.4 Å². The summed E-state index contributed by atoms with van der Waals surface area (Å²) in [4.78, 5) is 5.09. The van der Waals surface area contributed by atoms with E-state index in [0.717, 1.165) is 19.4 Å². The van der Waals surface area contributed by atoms with Crippen molar-refractivity contribution in [2.75, 3.05) is 32.0 Å². The minimum Gasteiger partial charge on any atom is -0.373 e. The number of nitrogens with zero attached hydrogens (tertiary/aromatic N) is 1. The number of aliphatic imine (C=N–C) groups is 1. The number of rotatable bonds is 8. The van der Waals surface area contributed by atoms with Crippen LogP contribution in [0.15, 0.2) is 64.5 Å². The highest BCUT2D eigenvalue weighted by molar-refractivity contribution is 14.0. The third kappa shape index (κ3) is 7.74. The normalized spacial score (nSPS) is 19.1. The zero-order valence-corrected chi connectivity index (χ0v) is 21.9. The maximum atomic E-state index is 12.5. The monoisotopic (exact) mass is 571 g/mol. The van der Waals surface area contributed by atoms with Gasteiger partial charge in [-0.3, -0.25) is 4.99 Å². The fourth-order valence-electron chi connectivity index (χ4n) is 3.75. The van der Waals surface area contributed by atoms with Crippen LogP contribution in [0.1, 0.15) is 37.0 Å². The van der Waals surface area contributed by atoms with E-state index >= 15 is 0 Å². The van der Waals surface area contributed by atoms with Gasteiger partial charge in [0, 0.05) is 32.2 Å². The van der Waals surface area contributed by atoms with Gasteiger partial charge in [0.05, 0.1) is 16.8 Å². The smallest absolute Gasteiger partial charge is 0.191 e. The first kappa shape index (κ1) is 26.6. The average molecular weight is 572 g/mol. The van der Waals surface area contributed by atoms with E-state index in [1.807, 2.05) is 13.0 Å². The van der Waals surface area contributed by atoms with Crippen LogP contribution in [0.4, 0.5) is 0 Å². The summed E-state index contributed by atoms with van der Waals surface area (Å²) in [5.74, 6) is 0.943. The molecule has 6 nitrogen and oxygen atoms in total. The second-order valence-corrected chi connectivity index (χ2v) is 9.99. The molecule has 0 saturated carbocycles. The second kappa shape index (κ2) is 13.2. The van der Waals surface area contributed by atoms with Crippen molar-refractivity contribution in [1.82, 2.24) is 10.6 Å². The largest absolute Gasteiger partial charge is 0.373 e. The van der Waals surface area contributed by atoms with Gasteiger partial charge in [-0.15, -0.1) is 24.0 Å². The van der Waals surface area contributed by atoms with Crippen LogP contribution in [-0.4, -0.2) is 46.4 Å². The number of nitrogens with one attached hydrogen (secondary N) is 2. The van der Waals surface area contributed by atoms with E-state index in [9.17, 15) is 8.42 Å². The van der Waals surface area contributed by atoms with E-state index < -0.39 is 9.84 Å². The molecule has 1 saturated heterocycles. The number of ether oxygens (including phenoxy) is 1. The number of aryl methyl sites for hydroxylation is 1. The lowest BCUT2D eigenvalue weighted by Crippen LogP contribution is -2.40. The van der Waals surface area contributed by atoms with Crippen molar-refractivity contribution in [2.24, 2.45) is 10.9 Å². The Morgan fingerprint density at radius 3 is 2.50 bits per heavy atom. The van der Waals surface area contributed by atoms with Gasteiger partial charge in [0.1, 0.15) is 0 Å². The van der Waals surface area contributed by atoms with Crippen LogP contribution < -0.4 is 10.6 Å². The van der Waals surface area contributed by atoms with Crippen molar-refractivity contribution in [3.63, 3.8) is 0 Å². The van der Waals surface area contributed by atoms with Crippen LogP contribution >= 0.6 is 24.0 Å². The molecule has 32 heavy (non-hydrogen) atoms. The highest BCUT2D eigenvalue weighted by Gasteiger charge is 2.27. The lowest BCUT2D eigenvalue weighted by Gasteiger charge is -2.31. The standard InChI is InChI=1S/C24H33N3O3S.HI/c1-3-25-24(26-15-17-31(28,29)22-9-5-4-6-10-22)27-18-21-8-7-16-30-23(21)20-13-11-19(2)12-14-20;/h4-6,9-14,21,23H,3,7-8,15-18H2,1-2H3,(H2,25,26,27);1H. The summed E-state index contributed by atoms with van der Waals surface area (Å²) in [5, 5.41) is 6.38. The third-order valence-electron chi connectivity index (χ3n) is 5.44.